The van der Waals surface area contributed by atoms with E-state index in [9.17, 15) is 18.8 Å². The van der Waals surface area contributed by atoms with Crippen molar-refractivity contribution in [3.05, 3.63) is 59.9 Å². The number of carbonyl (C=O) groups excluding carboxylic acids is 3. The molecule has 11 nitrogen and oxygen atoms in total. The highest BCUT2D eigenvalue weighted by atomic mass is 19.1. The summed E-state index contributed by atoms with van der Waals surface area (Å²) in [6.07, 6.45) is 3.21. The van der Waals surface area contributed by atoms with Crippen LogP contribution in [-0.2, 0) is 23.1 Å². The van der Waals surface area contributed by atoms with E-state index in [1.54, 1.807) is 42.9 Å². The van der Waals surface area contributed by atoms with Crippen LogP contribution in [0.3, 0.4) is 0 Å². The maximum atomic E-state index is 14.0. The summed E-state index contributed by atoms with van der Waals surface area (Å²) in [5.74, 6) is 0.141. The van der Waals surface area contributed by atoms with Gasteiger partial charge in [0.1, 0.15) is 11.6 Å². The maximum absolute atomic E-state index is 14.0. The number of tetrazole rings is 1. The summed E-state index contributed by atoms with van der Waals surface area (Å²) in [6.45, 7) is 4.10. The average molecular weight is 577 g/mol. The Labute approximate surface area is 244 Å². The molecule has 2 aliphatic heterocycles. The summed E-state index contributed by atoms with van der Waals surface area (Å²) in [5, 5.41) is 17.5. The Kier molecular flexibility index (Phi) is 9.21. The van der Waals surface area contributed by atoms with Crippen molar-refractivity contribution in [2.75, 3.05) is 38.0 Å². The highest BCUT2D eigenvalue weighted by Gasteiger charge is 2.39. The lowest BCUT2D eigenvalue weighted by molar-refractivity contribution is -0.140. The number of halogens is 1. The van der Waals surface area contributed by atoms with Crippen LogP contribution in [0.4, 0.5) is 14.9 Å². The lowest BCUT2D eigenvalue weighted by Crippen LogP contribution is -2.58. The third-order valence-electron chi connectivity index (χ3n) is 8.04. The number of urea groups is 1. The predicted octanol–water partition coefficient (Wildman–Crippen LogP) is 2.90. The molecule has 5 rings (SSSR count). The molecule has 222 valence electrons. The van der Waals surface area contributed by atoms with Crippen LogP contribution in [0.2, 0.25) is 0 Å². The number of carbonyl (C=O) groups is 3. The van der Waals surface area contributed by atoms with Gasteiger partial charge in [-0.05, 0) is 78.8 Å². The molecular formula is C30H37FN8O3. The zero-order valence-electron chi connectivity index (χ0n) is 24.0. The molecule has 0 bridgehead atoms. The smallest absolute Gasteiger partial charge is 0.319 e. The van der Waals surface area contributed by atoms with Crippen LogP contribution in [0.1, 0.15) is 31.7 Å². The van der Waals surface area contributed by atoms with Crippen LogP contribution in [0.15, 0.2) is 48.5 Å². The van der Waals surface area contributed by atoms with Crippen molar-refractivity contribution in [2.24, 2.45) is 18.9 Å². The molecule has 3 amide bonds. The average Bonchev–Trinajstić information content (AvgIpc) is 3.40. The Morgan fingerprint density at radius 1 is 1.05 bits per heavy atom. The van der Waals surface area contributed by atoms with Crippen molar-refractivity contribution in [3.8, 4) is 11.4 Å². The van der Waals surface area contributed by atoms with Crippen molar-refractivity contribution in [3.63, 3.8) is 0 Å². The molecule has 1 unspecified atom stereocenters. The third-order valence-corrected chi connectivity index (χ3v) is 8.04. The minimum Gasteiger partial charge on any atom is -0.342 e. The highest BCUT2D eigenvalue weighted by Crippen LogP contribution is 2.26. The van der Waals surface area contributed by atoms with E-state index in [4.69, 9.17) is 0 Å². The maximum Gasteiger partial charge on any atom is 0.319 e. The molecule has 3 aromatic rings. The molecule has 2 N–H and O–H groups in total. The zero-order valence-corrected chi connectivity index (χ0v) is 24.0. The van der Waals surface area contributed by atoms with Gasteiger partial charge >= 0.3 is 6.03 Å². The minimum absolute atomic E-state index is 0.00543. The first-order valence-corrected chi connectivity index (χ1v) is 14.4. The molecule has 0 aliphatic carbocycles. The second-order valence-corrected chi connectivity index (χ2v) is 11.4. The summed E-state index contributed by atoms with van der Waals surface area (Å²) in [7, 11) is 1.74. The van der Waals surface area contributed by atoms with Crippen molar-refractivity contribution >= 4 is 23.4 Å². The lowest BCUT2D eigenvalue weighted by atomic mass is 9.87. The molecule has 42 heavy (non-hydrogen) atoms. The first-order valence-electron chi connectivity index (χ1n) is 14.4. The molecule has 3 atom stereocenters. The number of rotatable bonds is 8. The standard InChI is InChI=1S/C30H37FN8O3/c1-20(40)17-38-14-12-27(33-30(42)32-25-7-3-6-23(16-25)28-34-35-36-37(28)2)26(19-38)29(41)39-13-4-5-22(18-39)15-21-8-10-24(31)11-9-21/h3,6-11,16,22,26-27H,4-5,12-15,17-19H2,1-2H3,(H2,32,33,42)/t22?,26-,27-/m1/s1. The number of hydrogen-bond acceptors (Lipinski definition) is 7. The van der Waals surface area contributed by atoms with E-state index in [-0.39, 0.29) is 36.0 Å². The molecule has 0 spiro atoms. The Balaban J connectivity index is 1.26. The summed E-state index contributed by atoms with van der Waals surface area (Å²) in [4.78, 5) is 42.9. The fourth-order valence-corrected chi connectivity index (χ4v) is 6.07. The van der Waals surface area contributed by atoms with Crippen LogP contribution in [0.25, 0.3) is 11.4 Å². The van der Waals surface area contributed by atoms with Crippen molar-refractivity contribution in [1.29, 1.82) is 0 Å². The van der Waals surface area contributed by atoms with Gasteiger partial charge < -0.3 is 15.5 Å². The van der Waals surface area contributed by atoms with E-state index in [0.29, 0.717) is 44.1 Å². The van der Waals surface area contributed by atoms with Gasteiger partial charge in [0, 0.05) is 50.5 Å². The number of Topliss-reactive ketones (excluding diaryl/α,β-unsaturated/α-hetero) is 1. The second kappa shape index (κ2) is 13.2. The summed E-state index contributed by atoms with van der Waals surface area (Å²) >= 11 is 0. The quantitative estimate of drug-likeness (QED) is 0.423. The van der Waals surface area contributed by atoms with Crippen LogP contribution in [0.5, 0.6) is 0 Å². The van der Waals surface area contributed by atoms with E-state index >= 15 is 0 Å². The van der Waals surface area contributed by atoms with Crippen LogP contribution < -0.4 is 10.6 Å². The van der Waals surface area contributed by atoms with E-state index in [0.717, 1.165) is 30.4 Å². The van der Waals surface area contributed by atoms with Crippen LogP contribution >= 0.6 is 0 Å². The first kappa shape index (κ1) is 29.3. The Morgan fingerprint density at radius 2 is 1.86 bits per heavy atom. The topological polar surface area (TPSA) is 125 Å². The molecule has 1 aromatic heterocycles. The number of aryl methyl sites for hydroxylation is 1. The number of nitrogens with zero attached hydrogens (tertiary/aromatic N) is 6. The number of anilines is 1. The van der Waals surface area contributed by atoms with Crippen LogP contribution in [-0.4, -0.2) is 86.5 Å². The summed E-state index contributed by atoms with van der Waals surface area (Å²) in [5.41, 5.74) is 2.38. The molecule has 2 aliphatic rings. The number of hydrogen-bond donors (Lipinski definition) is 2. The van der Waals surface area contributed by atoms with Gasteiger partial charge in [-0.1, -0.05) is 24.3 Å². The lowest BCUT2D eigenvalue weighted by Gasteiger charge is -2.41. The molecule has 0 saturated carbocycles. The van der Waals surface area contributed by atoms with Gasteiger partial charge in [0.2, 0.25) is 5.91 Å². The first-order chi connectivity index (χ1) is 20.2. The monoisotopic (exact) mass is 576 g/mol. The number of piperidine rings is 2. The van der Waals surface area contributed by atoms with Gasteiger partial charge in [-0.15, -0.1) is 5.10 Å². The summed E-state index contributed by atoms with van der Waals surface area (Å²) < 4.78 is 14.9. The Bertz CT molecular complexity index is 1410. The van der Waals surface area contributed by atoms with Gasteiger partial charge in [-0.2, -0.15) is 0 Å². The number of nitrogens with one attached hydrogen (secondary N) is 2. The van der Waals surface area contributed by atoms with Gasteiger partial charge in [-0.25, -0.2) is 13.9 Å². The Hall–Kier alpha value is -4.19. The molecule has 0 radical (unpaired) electrons. The van der Waals surface area contributed by atoms with Gasteiger partial charge in [0.15, 0.2) is 5.82 Å². The van der Waals surface area contributed by atoms with Crippen molar-refractivity contribution in [1.82, 2.24) is 35.3 Å². The second-order valence-electron chi connectivity index (χ2n) is 11.4. The zero-order chi connectivity index (χ0) is 29.6. The van der Waals surface area contributed by atoms with Crippen molar-refractivity contribution < 1.29 is 18.8 Å². The van der Waals surface area contributed by atoms with E-state index < -0.39 is 11.9 Å². The number of ketones is 1. The molecule has 12 heteroatoms. The third kappa shape index (κ3) is 7.35. The molecule has 2 fully saturated rings. The molecule has 2 saturated heterocycles. The number of aromatic nitrogens is 4. The number of benzene rings is 2. The van der Waals surface area contributed by atoms with Crippen LogP contribution in [0, 0.1) is 17.7 Å². The Morgan fingerprint density at radius 3 is 2.60 bits per heavy atom. The summed E-state index contributed by atoms with van der Waals surface area (Å²) in [6, 6.07) is 13.0. The normalized spacial score (nSPS) is 21.1. The number of amides is 3. The van der Waals surface area contributed by atoms with Gasteiger partial charge in [-0.3, -0.25) is 14.5 Å². The molecular weight excluding hydrogens is 539 g/mol. The van der Waals surface area contributed by atoms with Gasteiger partial charge in [0.05, 0.1) is 12.5 Å². The van der Waals surface area contributed by atoms with Gasteiger partial charge in [0.25, 0.3) is 0 Å². The SMILES string of the molecule is CC(=O)CN1CC[C@@H](NC(=O)Nc2cccc(-c3nnnn3C)c2)[C@H](C(=O)N2CCCC(Cc3ccc(F)cc3)C2)C1. The number of likely N-dealkylation sites (tertiary alicyclic amines) is 2. The minimum atomic E-state index is -0.482. The molecule has 3 heterocycles. The predicted molar refractivity (Wildman–Crippen MR) is 155 cm³/mol. The van der Waals surface area contributed by atoms with E-state index in [1.807, 2.05) is 21.9 Å². The fraction of sp³-hybridized carbons (Fsp3) is 0.467. The molecule has 2 aromatic carbocycles. The largest absolute Gasteiger partial charge is 0.342 e. The van der Waals surface area contributed by atoms with E-state index in [2.05, 4.69) is 26.2 Å². The highest BCUT2D eigenvalue weighted by molar-refractivity contribution is 5.91. The van der Waals surface area contributed by atoms with Crippen molar-refractivity contribution in [2.45, 2.75) is 38.6 Å². The van der Waals surface area contributed by atoms with E-state index in [1.165, 1.54) is 12.1 Å². The fourth-order valence-electron chi connectivity index (χ4n) is 6.07.